The molecule has 2 aliphatic rings. The molecule has 1 aromatic carbocycles. The molecule has 2 saturated heterocycles. The fourth-order valence-corrected chi connectivity index (χ4v) is 3.49. The van der Waals surface area contributed by atoms with Gasteiger partial charge in [0.2, 0.25) is 0 Å². The summed E-state index contributed by atoms with van der Waals surface area (Å²) in [4.78, 5) is 4.48. The van der Waals surface area contributed by atoms with E-state index in [0.717, 1.165) is 44.7 Å². The van der Waals surface area contributed by atoms with Gasteiger partial charge in [-0.2, -0.15) is 0 Å². The third-order valence-electron chi connectivity index (χ3n) is 4.46. The highest BCUT2D eigenvalue weighted by atomic mass is 19.1. The van der Waals surface area contributed by atoms with Crippen LogP contribution < -0.4 is 4.90 Å². The smallest absolute Gasteiger partial charge is 0.125 e. The van der Waals surface area contributed by atoms with Crippen molar-refractivity contribution < 1.29 is 14.2 Å². The molecule has 3 rings (SSSR count). The molecule has 1 atom stereocenters. The predicted octanol–water partition coefficient (Wildman–Crippen LogP) is 1.49. The maximum Gasteiger partial charge on any atom is 0.125 e. The second-order valence-corrected chi connectivity index (χ2v) is 6.04. The van der Waals surface area contributed by atoms with Crippen molar-refractivity contribution in [3.05, 3.63) is 30.1 Å². The van der Waals surface area contributed by atoms with E-state index in [9.17, 15) is 4.39 Å². The molecular formula is C16H23FN2O2. The van der Waals surface area contributed by atoms with Crippen LogP contribution >= 0.6 is 0 Å². The van der Waals surface area contributed by atoms with Gasteiger partial charge in [-0.05, 0) is 31.0 Å². The Morgan fingerprint density at radius 2 is 2.19 bits per heavy atom. The molecule has 0 radical (unpaired) electrons. The number of β-amino-alcohol motifs (C(OH)–C–C–N with tert-alkyl or cyclic N) is 1. The molecule has 116 valence electrons. The SMILES string of the molecule is OCCN1CCO[C@]2(CCCN(c3cccc(F)c3)C2)C1. The number of halogens is 1. The minimum atomic E-state index is -0.196. The molecule has 0 saturated carbocycles. The summed E-state index contributed by atoms with van der Waals surface area (Å²) >= 11 is 0. The molecule has 21 heavy (non-hydrogen) atoms. The van der Waals surface area contributed by atoms with Crippen LogP contribution in [-0.4, -0.2) is 61.5 Å². The van der Waals surface area contributed by atoms with Gasteiger partial charge in [-0.3, -0.25) is 4.90 Å². The lowest BCUT2D eigenvalue weighted by atomic mass is 9.90. The van der Waals surface area contributed by atoms with Crippen molar-refractivity contribution in [1.29, 1.82) is 0 Å². The fourth-order valence-electron chi connectivity index (χ4n) is 3.49. The van der Waals surface area contributed by atoms with E-state index in [1.54, 1.807) is 12.1 Å². The topological polar surface area (TPSA) is 35.9 Å². The number of anilines is 1. The van der Waals surface area contributed by atoms with Crippen molar-refractivity contribution in [3.8, 4) is 0 Å². The van der Waals surface area contributed by atoms with Crippen LogP contribution in [0.2, 0.25) is 0 Å². The van der Waals surface area contributed by atoms with Crippen molar-refractivity contribution in [1.82, 2.24) is 4.90 Å². The summed E-state index contributed by atoms with van der Waals surface area (Å²) in [5, 5.41) is 9.13. The Morgan fingerprint density at radius 3 is 3.00 bits per heavy atom. The zero-order chi connectivity index (χ0) is 14.7. The normalized spacial score (nSPS) is 27.2. The minimum Gasteiger partial charge on any atom is -0.395 e. The number of hydrogen-bond acceptors (Lipinski definition) is 4. The van der Waals surface area contributed by atoms with Gasteiger partial charge in [0.25, 0.3) is 0 Å². The van der Waals surface area contributed by atoms with E-state index < -0.39 is 0 Å². The zero-order valence-corrected chi connectivity index (χ0v) is 12.3. The lowest BCUT2D eigenvalue weighted by Gasteiger charge is -2.48. The lowest BCUT2D eigenvalue weighted by molar-refractivity contribution is -0.115. The number of aliphatic hydroxyl groups excluding tert-OH is 1. The maximum absolute atomic E-state index is 13.4. The van der Waals surface area contributed by atoms with Crippen LogP contribution in [0.3, 0.4) is 0 Å². The van der Waals surface area contributed by atoms with E-state index in [-0.39, 0.29) is 18.0 Å². The Morgan fingerprint density at radius 1 is 1.29 bits per heavy atom. The second-order valence-electron chi connectivity index (χ2n) is 6.04. The number of piperidine rings is 1. The van der Waals surface area contributed by atoms with Gasteiger partial charge in [0, 0.05) is 38.4 Å². The fraction of sp³-hybridized carbons (Fsp3) is 0.625. The summed E-state index contributed by atoms with van der Waals surface area (Å²) in [5.74, 6) is -0.196. The van der Waals surface area contributed by atoms with Crippen molar-refractivity contribution in [2.75, 3.05) is 50.8 Å². The average molecular weight is 294 g/mol. The van der Waals surface area contributed by atoms with E-state index in [1.165, 1.54) is 6.07 Å². The predicted molar refractivity (Wildman–Crippen MR) is 80.1 cm³/mol. The second kappa shape index (κ2) is 6.30. The molecule has 2 heterocycles. The number of hydrogen-bond donors (Lipinski definition) is 1. The molecule has 0 unspecified atom stereocenters. The Hall–Kier alpha value is -1.17. The molecule has 0 aliphatic carbocycles. The number of ether oxygens (including phenoxy) is 1. The lowest BCUT2D eigenvalue weighted by Crippen LogP contribution is -2.60. The highest BCUT2D eigenvalue weighted by Crippen LogP contribution is 2.31. The van der Waals surface area contributed by atoms with E-state index in [2.05, 4.69) is 9.80 Å². The average Bonchev–Trinajstić information content (AvgIpc) is 2.48. The van der Waals surface area contributed by atoms with Gasteiger partial charge >= 0.3 is 0 Å². The third kappa shape index (κ3) is 3.36. The first-order chi connectivity index (χ1) is 10.2. The van der Waals surface area contributed by atoms with E-state index in [1.807, 2.05) is 6.07 Å². The number of nitrogens with zero attached hydrogens (tertiary/aromatic N) is 2. The number of morpholine rings is 1. The van der Waals surface area contributed by atoms with Gasteiger partial charge in [0.15, 0.2) is 0 Å². The van der Waals surface area contributed by atoms with Crippen LogP contribution in [0.4, 0.5) is 10.1 Å². The van der Waals surface area contributed by atoms with E-state index in [0.29, 0.717) is 13.2 Å². The van der Waals surface area contributed by atoms with Crippen LogP contribution in [0, 0.1) is 5.82 Å². The van der Waals surface area contributed by atoms with E-state index >= 15 is 0 Å². The third-order valence-corrected chi connectivity index (χ3v) is 4.46. The summed E-state index contributed by atoms with van der Waals surface area (Å²) in [5.41, 5.74) is 0.745. The van der Waals surface area contributed by atoms with Gasteiger partial charge in [-0.25, -0.2) is 4.39 Å². The molecule has 2 fully saturated rings. The van der Waals surface area contributed by atoms with Crippen molar-refractivity contribution in [3.63, 3.8) is 0 Å². The monoisotopic (exact) mass is 294 g/mol. The Labute approximate surface area is 125 Å². The summed E-state index contributed by atoms with van der Waals surface area (Å²) in [6, 6.07) is 6.78. The van der Waals surface area contributed by atoms with E-state index in [4.69, 9.17) is 9.84 Å². The molecule has 0 aromatic heterocycles. The van der Waals surface area contributed by atoms with Gasteiger partial charge in [-0.1, -0.05) is 6.07 Å². The Balaban J connectivity index is 1.72. The van der Waals surface area contributed by atoms with Crippen LogP contribution in [-0.2, 0) is 4.74 Å². The Bertz CT molecular complexity index is 479. The molecule has 1 N–H and O–H groups in total. The molecule has 5 heteroatoms. The highest BCUT2D eigenvalue weighted by molar-refractivity contribution is 5.47. The summed E-state index contributed by atoms with van der Waals surface area (Å²) in [6.45, 7) is 5.04. The van der Waals surface area contributed by atoms with Crippen molar-refractivity contribution in [2.24, 2.45) is 0 Å². The number of aliphatic hydroxyl groups is 1. The van der Waals surface area contributed by atoms with Crippen LogP contribution in [0.5, 0.6) is 0 Å². The quantitative estimate of drug-likeness (QED) is 0.916. The first-order valence-corrected chi connectivity index (χ1v) is 7.68. The van der Waals surface area contributed by atoms with Crippen LogP contribution in [0.25, 0.3) is 0 Å². The molecule has 0 bridgehead atoms. The standard InChI is InChI=1S/C16H23FN2O2/c17-14-3-1-4-15(11-14)19-6-2-5-16(13-19)12-18(7-9-20)8-10-21-16/h1,3-4,11,20H,2,5-10,12-13H2/t16-/m1/s1. The van der Waals surface area contributed by atoms with Gasteiger partial charge < -0.3 is 14.7 Å². The summed E-state index contributed by atoms with van der Waals surface area (Å²) in [6.07, 6.45) is 2.07. The molecule has 0 amide bonds. The van der Waals surface area contributed by atoms with Gasteiger partial charge in [-0.15, -0.1) is 0 Å². The van der Waals surface area contributed by atoms with Crippen LogP contribution in [0.1, 0.15) is 12.8 Å². The molecule has 2 aliphatic heterocycles. The Kier molecular flexibility index (Phi) is 4.42. The summed E-state index contributed by atoms with van der Waals surface area (Å²) in [7, 11) is 0. The highest BCUT2D eigenvalue weighted by Gasteiger charge is 2.40. The first-order valence-electron chi connectivity index (χ1n) is 7.68. The van der Waals surface area contributed by atoms with Crippen molar-refractivity contribution >= 4 is 5.69 Å². The van der Waals surface area contributed by atoms with Crippen molar-refractivity contribution in [2.45, 2.75) is 18.4 Å². The minimum absolute atomic E-state index is 0.183. The number of rotatable bonds is 3. The zero-order valence-electron chi connectivity index (χ0n) is 12.3. The summed E-state index contributed by atoms with van der Waals surface area (Å²) < 4.78 is 19.5. The molecule has 4 nitrogen and oxygen atoms in total. The largest absolute Gasteiger partial charge is 0.395 e. The first kappa shape index (κ1) is 14.8. The van der Waals surface area contributed by atoms with Crippen LogP contribution in [0.15, 0.2) is 24.3 Å². The maximum atomic E-state index is 13.4. The molecular weight excluding hydrogens is 271 g/mol. The molecule has 1 aromatic rings. The molecule has 1 spiro atoms. The van der Waals surface area contributed by atoms with Gasteiger partial charge in [0.05, 0.1) is 18.8 Å². The van der Waals surface area contributed by atoms with Gasteiger partial charge in [0.1, 0.15) is 5.82 Å². The number of benzene rings is 1.